The zero-order valence-electron chi connectivity index (χ0n) is 12.9. The van der Waals surface area contributed by atoms with E-state index in [1.54, 1.807) is 0 Å². The van der Waals surface area contributed by atoms with Gasteiger partial charge in [0.1, 0.15) is 6.04 Å². The quantitative estimate of drug-likeness (QED) is 0.643. The van der Waals surface area contributed by atoms with Gasteiger partial charge in [-0.1, -0.05) is 19.4 Å². The molecule has 0 aliphatic heterocycles. The molecular weight excluding hydrogens is 268 g/mol. The zero-order valence-corrected chi connectivity index (χ0v) is 12.9. The maximum atomic E-state index is 12.0. The molecule has 0 radical (unpaired) electrons. The fourth-order valence-corrected chi connectivity index (χ4v) is 2.14. The Bertz CT molecular complexity index is 480. The minimum atomic E-state index is -0.998. The lowest BCUT2D eigenvalue weighted by molar-refractivity contribution is -0.141. The molecule has 0 spiro atoms. The van der Waals surface area contributed by atoms with Crippen LogP contribution < -0.4 is 10.6 Å². The first-order valence-electron chi connectivity index (χ1n) is 7.26. The summed E-state index contributed by atoms with van der Waals surface area (Å²) in [4.78, 5) is 23.1. The maximum absolute atomic E-state index is 12.0. The van der Waals surface area contributed by atoms with Crippen molar-refractivity contribution in [3.05, 3.63) is 29.3 Å². The number of aliphatic carboxylic acids is 1. The molecule has 1 unspecified atom stereocenters. The first kappa shape index (κ1) is 17.2. The molecule has 1 rings (SSSR count). The number of carbonyl (C=O) groups is 2. The Kier molecular flexibility index (Phi) is 6.88. The highest BCUT2D eigenvalue weighted by molar-refractivity contribution is 5.94. The lowest BCUT2D eigenvalue weighted by atomic mass is 10.1. The Labute approximate surface area is 125 Å². The van der Waals surface area contributed by atoms with E-state index in [1.165, 1.54) is 0 Å². The van der Waals surface area contributed by atoms with Crippen molar-refractivity contribution in [2.75, 3.05) is 11.9 Å². The van der Waals surface area contributed by atoms with Gasteiger partial charge in [-0.05, 0) is 50.1 Å². The lowest BCUT2D eigenvalue weighted by Gasteiger charge is -2.14. The summed E-state index contributed by atoms with van der Waals surface area (Å²) < 4.78 is 0. The summed E-state index contributed by atoms with van der Waals surface area (Å²) in [6, 6.07) is 4.90. The van der Waals surface area contributed by atoms with E-state index < -0.39 is 12.0 Å². The van der Waals surface area contributed by atoms with E-state index in [9.17, 15) is 9.59 Å². The molecule has 0 saturated carbocycles. The highest BCUT2D eigenvalue weighted by Crippen LogP contribution is 2.14. The number of rotatable bonds is 8. The second-order valence-electron chi connectivity index (χ2n) is 5.33. The van der Waals surface area contributed by atoms with E-state index in [-0.39, 0.29) is 12.3 Å². The Hall–Kier alpha value is -1.88. The van der Waals surface area contributed by atoms with Gasteiger partial charge in [-0.25, -0.2) is 0 Å². The van der Waals surface area contributed by atoms with Gasteiger partial charge in [-0.2, -0.15) is 0 Å². The second-order valence-corrected chi connectivity index (χ2v) is 5.33. The fourth-order valence-electron chi connectivity index (χ4n) is 2.14. The molecule has 21 heavy (non-hydrogen) atoms. The molecule has 1 atom stereocenters. The van der Waals surface area contributed by atoms with Gasteiger partial charge >= 0.3 is 5.97 Å². The van der Waals surface area contributed by atoms with Crippen LogP contribution >= 0.6 is 0 Å². The number of hydrogen-bond donors (Lipinski definition) is 3. The molecular formula is C16H24N2O3. The van der Waals surface area contributed by atoms with Crippen molar-refractivity contribution in [2.24, 2.45) is 0 Å². The van der Waals surface area contributed by atoms with Crippen molar-refractivity contribution in [2.45, 2.75) is 46.1 Å². The van der Waals surface area contributed by atoms with Gasteiger partial charge in [0.15, 0.2) is 0 Å². The Morgan fingerprint density at radius 3 is 2.33 bits per heavy atom. The van der Waals surface area contributed by atoms with Crippen molar-refractivity contribution in [3.63, 3.8) is 0 Å². The predicted molar refractivity (Wildman–Crippen MR) is 83.5 cm³/mol. The fraction of sp³-hybridized carbons (Fsp3) is 0.500. The van der Waals surface area contributed by atoms with Crippen molar-refractivity contribution < 1.29 is 14.7 Å². The predicted octanol–water partition coefficient (Wildman–Crippen LogP) is 2.47. The number of nitrogens with one attached hydrogen (secondary N) is 2. The summed E-state index contributed by atoms with van der Waals surface area (Å²) in [5.41, 5.74) is 2.82. The molecule has 0 fully saturated rings. The monoisotopic (exact) mass is 292 g/mol. The smallest absolute Gasteiger partial charge is 0.321 e. The molecule has 1 aromatic rings. The van der Waals surface area contributed by atoms with Gasteiger partial charge < -0.3 is 15.7 Å². The van der Waals surface area contributed by atoms with Gasteiger partial charge in [0, 0.05) is 5.69 Å². The number of anilines is 1. The normalized spacial score (nSPS) is 12.0. The van der Waals surface area contributed by atoms with Crippen molar-refractivity contribution in [1.29, 1.82) is 0 Å². The first-order chi connectivity index (χ1) is 9.92. The summed E-state index contributed by atoms with van der Waals surface area (Å²) in [6.07, 6.45) is 1.79. The van der Waals surface area contributed by atoms with Crippen LogP contribution in [0, 0.1) is 13.8 Å². The van der Waals surface area contributed by atoms with Crippen LogP contribution in [0.25, 0.3) is 0 Å². The van der Waals surface area contributed by atoms with Crippen LogP contribution in [0.15, 0.2) is 18.2 Å². The van der Waals surface area contributed by atoms with E-state index in [2.05, 4.69) is 10.6 Å². The summed E-state index contributed by atoms with van der Waals surface area (Å²) in [7, 11) is 0. The average molecular weight is 292 g/mol. The first-order valence-corrected chi connectivity index (χ1v) is 7.26. The number of aryl methyl sites for hydroxylation is 2. The van der Waals surface area contributed by atoms with Crippen molar-refractivity contribution in [1.82, 2.24) is 5.32 Å². The van der Waals surface area contributed by atoms with Crippen LogP contribution in [0.2, 0.25) is 0 Å². The molecule has 116 valence electrons. The molecule has 1 amide bonds. The molecule has 5 nitrogen and oxygen atoms in total. The molecule has 0 aliphatic rings. The van der Waals surface area contributed by atoms with E-state index in [1.807, 2.05) is 39.0 Å². The van der Waals surface area contributed by atoms with Crippen LogP contribution in [0.4, 0.5) is 5.69 Å². The summed E-state index contributed by atoms with van der Waals surface area (Å²) >= 11 is 0. The highest BCUT2D eigenvalue weighted by atomic mass is 16.4. The number of benzene rings is 1. The number of amides is 1. The summed E-state index contributed by atoms with van der Waals surface area (Å²) in [5.74, 6) is -1.29. The third-order valence-corrected chi connectivity index (χ3v) is 3.11. The number of carbonyl (C=O) groups excluding carboxylic acids is 1. The van der Waals surface area contributed by atoms with E-state index in [4.69, 9.17) is 5.11 Å². The molecule has 1 aromatic carbocycles. The third-order valence-electron chi connectivity index (χ3n) is 3.11. The lowest BCUT2D eigenvalue weighted by Crippen LogP contribution is -2.40. The standard InChI is InChI=1S/C16H24N2O3/c1-4-5-6-17-14(16(20)21)10-15(19)18-13-8-11(2)7-12(3)9-13/h7-9,14,17H,4-6,10H2,1-3H3,(H,18,19)(H,20,21). The van der Waals surface area contributed by atoms with Gasteiger partial charge in [-0.3, -0.25) is 9.59 Å². The van der Waals surface area contributed by atoms with Crippen LogP contribution in [-0.4, -0.2) is 29.6 Å². The number of carboxylic acid groups (broad SMARTS) is 1. The van der Waals surface area contributed by atoms with Crippen LogP contribution in [0.1, 0.15) is 37.3 Å². The maximum Gasteiger partial charge on any atom is 0.321 e. The molecule has 0 heterocycles. The van der Waals surface area contributed by atoms with Crippen LogP contribution in [-0.2, 0) is 9.59 Å². The minimum Gasteiger partial charge on any atom is -0.480 e. The van der Waals surface area contributed by atoms with Gasteiger partial charge in [-0.15, -0.1) is 0 Å². The van der Waals surface area contributed by atoms with Gasteiger partial charge in [0.2, 0.25) is 5.91 Å². The average Bonchev–Trinajstić information content (AvgIpc) is 2.36. The Morgan fingerprint density at radius 1 is 1.19 bits per heavy atom. The minimum absolute atomic E-state index is 0.0773. The largest absolute Gasteiger partial charge is 0.480 e. The van der Waals surface area contributed by atoms with Crippen LogP contribution in [0.3, 0.4) is 0 Å². The highest BCUT2D eigenvalue weighted by Gasteiger charge is 2.20. The van der Waals surface area contributed by atoms with E-state index in [0.29, 0.717) is 12.2 Å². The number of hydrogen-bond acceptors (Lipinski definition) is 3. The van der Waals surface area contributed by atoms with Crippen LogP contribution in [0.5, 0.6) is 0 Å². The third kappa shape index (κ3) is 6.40. The van der Waals surface area contributed by atoms with Gasteiger partial charge in [0.25, 0.3) is 0 Å². The SMILES string of the molecule is CCCCNC(CC(=O)Nc1cc(C)cc(C)c1)C(=O)O. The van der Waals surface area contributed by atoms with Crippen molar-refractivity contribution >= 4 is 17.6 Å². The molecule has 0 aliphatic carbocycles. The molecule has 5 heteroatoms. The number of unbranched alkanes of at least 4 members (excludes halogenated alkanes) is 1. The number of carboxylic acids is 1. The molecule has 3 N–H and O–H groups in total. The van der Waals surface area contributed by atoms with Gasteiger partial charge in [0.05, 0.1) is 6.42 Å². The van der Waals surface area contributed by atoms with E-state index >= 15 is 0 Å². The van der Waals surface area contributed by atoms with Crippen molar-refractivity contribution in [3.8, 4) is 0 Å². The molecule has 0 saturated heterocycles. The molecule has 0 bridgehead atoms. The summed E-state index contributed by atoms with van der Waals surface area (Å²) in [6.45, 7) is 6.54. The second kappa shape index (κ2) is 8.42. The zero-order chi connectivity index (χ0) is 15.8. The Morgan fingerprint density at radius 2 is 1.81 bits per heavy atom. The Balaban J connectivity index is 2.58. The molecule has 0 aromatic heterocycles. The van der Waals surface area contributed by atoms with E-state index in [0.717, 1.165) is 24.0 Å². The summed E-state index contributed by atoms with van der Waals surface area (Å²) in [5, 5.41) is 14.8. The topological polar surface area (TPSA) is 78.4 Å².